The Balaban J connectivity index is 2.33. The van der Waals surface area contributed by atoms with E-state index in [4.69, 9.17) is 0 Å². The molecule has 0 saturated heterocycles. The Kier molecular flexibility index (Phi) is 5.14. The maximum Gasteiger partial charge on any atom is 0.163 e. The van der Waals surface area contributed by atoms with Crippen molar-refractivity contribution in [2.45, 2.75) is 52.5 Å². The lowest BCUT2D eigenvalue weighted by molar-refractivity contribution is 0.293. The first-order chi connectivity index (χ1) is 9.56. The van der Waals surface area contributed by atoms with E-state index in [2.05, 4.69) is 19.2 Å². The third-order valence-electron chi connectivity index (χ3n) is 4.61. The highest BCUT2D eigenvalue weighted by Gasteiger charge is 2.33. The highest BCUT2D eigenvalue weighted by molar-refractivity contribution is 5.28. The van der Waals surface area contributed by atoms with Gasteiger partial charge in [-0.15, -0.1) is 0 Å². The van der Waals surface area contributed by atoms with Crippen LogP contribution in [0.1, 0.15) is 56.7 Å². The van der Waals surface area contributed by atoms with Crippen LogP contribution in [-0.4, -0.2) is 6.54 Å². The summed E-state index contributed by atoms with van der Waals surface area (Å²) in [7, 11) is 0. The van der Waals surface area contributed by atoms with Gasteiger partial charge in [-0.05, 0) is 43.7 Å². The summed E-state index contributed by atoms with van der Waals surface area (Å²) >= 11 is 0. The minimum atomic E-state index is -0.698. The van der Waals surface area contributed by atoms with Crippen LogP contribution in [0.2, 0.25) is 0 Å². The predicted octanol–water partition coefficient (Wildman–Crippen LogP) is 4.75. The number of benzene rings is 1. The Bertz CT molecular complexity index is 459. The molecule has 0 amide bonds. The monoisotopic (exact) mass is 281 g/mol. The molecule has 0 radical (unpaired) electrons. The molecular formula is C17H25F2N. The van der Waals surface area contributed by atoms with E-state index in [0.717, 1.165) is 19.4 Å². The topological polar surface area (TPSA) is 12.0 Å². The van der Waals surface area contributed by atoms with Crippen LogP contribution in [0.5, 0.6) is 0 Å². The van der Waals surface area contributed by atoms with Crippen LogP contribution in [0.15, 0.2) is 12.1 Å². The summed E-state index contributed by atoms with van der Waals surface area (Å²) in [5.74, 6) is -0.402. The van der Waals surface area contributed by atoms with Crippen LogP contribution < -0.4 is 5.32 Å². The lowest BCUT2D eigenvalue weighted by Crippen LogP contribution is -2.31. The molecule has 20 heavy (non-hydrogen) atoms. The van der Waals surface area contributed by atoms with E-state index >= 15 is 0 Å². The molecule has 2 rings (SSSR count). The van der Waals surface area contributed by atoms with Gasteiger partial charge in [-0.3, -0.25) is 0 Å². The summed E-state index contributed by atoms with van der Waals surface area (Å²) in [6.07, 6.45) is 4.46. The van der Waals surface area contributed by atoms with E-state index < -0.39 is 11.6 Å². The van der Waals surface area contributed by atoms with E-state index in [9.17, 15) is 8.78 Å². The van der Waals surface area contributed by atoms with Crippen molar-refractivity contribution in [3.05, 3.63) is 34.9 Å². The highest BCUT2D eigenvalue weighted by Crippen LogP contribution is 2.41. The van der Waals surface area contributed by atoms with Crippen LogP contribution in [0.4, 0.5) is 8.78 Å². The van der Waals surface area contributed by atoms with Gasteiger partial charge in [0.15, 0.2) is 11.6 Å². The van der Waals surface area contributed by atoms with E-state index in [1.807, 2.05) is 0 Å². The van der Waals surface area contributed by atoms with Gasteiger partial charge >= 0.3 is 0 Å². The van der Waals surface area contributed by atoms with Crippen LogP contribution >= 0.6 is 0 Å². The molecule has 1 aliphatic carbocycles. The second kappa shape index (κ2) is 6.66. The average Bonchev–Trinajstić information content (AvgIpc) is 2.85. The molecule has 3 atom stereocenters. The van der Waals surface area contributed by atoms with Crippen molar-refractivity contribution in [2.24, 2.45) is 11.8 Å². The molecule has 3 heteroatoms. The van der Waals surface area contributed by atoms with Gasteiger partial charge < -0.3 is 5.32 Å². The lowest BCUT2D eigenvalue weighted by Gasteiger charge is -2.29. The Morgan fingerprint density at radius 1 is 1.25 bits per heavy atom. The van der Waals surface area contributed by atoms with Crippen molar-refractivity contribution in [2.75, 3.05) is 6.54 Å². The number of aryl methyl sites for hydroxylation is 1. The smallest absolute Gasteiger partial charge is 0.163 e. The molecular weight excluding hydrogens is 256 g/mol. The minimum Gasteiger partial charge on any atom is -0.310 e. The van der Waals surface area contributed by atoms with Crippen LogP contribution in [-0.2, 0) is 0 Å². The van der Waals surface area contributed by atoms with Gasteiger partial charge in [0, 0.05) is 11.6 Å². The molecule has 1 N–H and O–H groups in total. The Labute approximate surface area is 120 Å². The van der Waals surface area contributed by atoms with Crippen LogP contribution in [0.3, 0.4) is 0 Å². The van der Waals surface area contributed by atoms with Gasteiger partial charge in [-0.25, -0.2) is 8.78 Å². The first-order valence-electron chi connectivity index (χ1n) is 7.74. The Hall–Kier alpha value is -0.960. The quantitative estimate of drug-likeness (QED) is 0.821. The van der Waals surface area contributed by atoms with Crippen molar-refractivity contribution >= 4 is 0 Å². The predicted molar refractivity (Wildman–Crippen MR) is 78.6 cm³/mol. The van der Waals surface area contributed by atoms with Gasteiger partial charge in [0.25, 0.3) is 0 Å². The third kappa shape index (κ3) is 3.03. The van der Waals surface area contributed by atoms with Gasteiger partial charge in [0.2, 0.25) is 0 Å². The molecule has 0 heterocycles. The van der Waals surface area contributed by atoms with Crippen molar-refractivity contribution in [1.82, 2.24) is 5.32 Å². The summed E-state index contributed by atoms with van der Waals surface area (Å²) in [4.78, 5) is 0. The molecule has 1 nitrogen and oxygen atoms in total. The van der Waals surface area contributed by atoms with Gasteiger partial charge in [0.05, 0.1) is 0 Å². The van der Waals surface area contributed by atoms with E-state index in [-0.39, 0.29) is 6.04 Å². The lowest BCUT2D eigenvalue weighted by atomic mass is 9.85. The van der Waals surface area contributed by atoms with Crippen LogP contribution in [0.25, 0.3) is 0 Å². The summed E-state index contributed by atoms with van der Waals surface area (Å²) in [5.41, 5.74) is 0.875. The number of hydrogen-bond acceptors (Lipinski definition) is 1. The standard InChI is InChI=1S/C17H25F2N/c1-4-10-20-17(13-7-5-6-11(13)2)14-9-8-12(3)15(18)16(14)19/h8-9,11,13,17,20H,4-7,10H2,1-3H3. The number of nitrogens with one attached hydrogen (secondary N) is 1. The SMILES string of the molecule is CCCNC(c1ccc(C)c(F)c1F)C1CCCC1C. The zero-order valence-electron chi connectivity index (χ0n) is 12.7. The zero-order chi connectivity index (χ0) is 14.7. The minimum absolute atomic E-state index is 0.0671. The van der Waals surface area contributed by atoms with Crippen molar-refractivity contribution in [1.29, 1.82) is 0 Å². The molecule has 1 aromatic carbocycles. The average molecular weight is 281 g/mol. The third-order valence-corrected chi connectivity index (χ3v) is 4.61. The Morgan fingerprint density at radius 3 is 2.60 bits per heavy atom. The zero-order valence-corrected chi connectivity index (χ0v) is 12.7. The first-order valence-corrected chi connectivity index (χ1v) is 7.74. The molecule has 1 aliphatic rings. The normalized spacial score (nSPS) is 24.1. The fourth-order valence-corrected chi connectivity index (χ4v) is 3.36. The van der Waals surface area contributed by atoms with Crippen LogP contribution in [0, 0.1) is 30.4 Å². The molecule has 0 aliphatic heterocycles. The number of halogens is 2. The molecule has 1 fully saturated rings. The second-order valence-electron chi connectivity index (χ2n) is 6.10. The largest absolute Gasteiger partial charge is 0.310 e. The molecule has 0 spiro atoms. The summed E-state index contributed by atoms with van der Waals surface area (Å²) in [6, 6.07) is 3.38. The van der Waals surface area contributed by atoms with E-state index in [1.165, 1.54) is 12.8 Å². The molecule has 0 aromatic heterocycles. The van der Waals surface area contributed by atoms with E-state index in [1.54, 1.807) is 19.1 Å². The van der Waals surface area contributed by atoms with Gasteiger partial charge in [0.1, 0.15) is 0 Å². The first kappa shape index (κ1) is 15.4. The number of rotatable bonds is 5. The fourth-order valence-electron chi connectivity index (χ4n) is 3.36. The highest BCUT2D eigenvalue weighted by atomic mass is 19.2. The molecule has 1 aromatic rings. The van der Waals surface area contributed by atoms with E-state index in [0.29, 0.717) is 23.0 Å². The van der Waals surface area contributed by atoms with Crippen molar-refractivity contribution in [3.63, 3.8) is 0 Å². The van der Waals surface area contributed by atoms with Crippen molar-refractivity contribution < 1.29 is 8.78 Å². The number of hydrogen-bond donors (Lipinski definition) is 1. The molecule has 112 valence electrons. The second-order valence-corrected chi connectivity index (χ2v) is 6.10. The summed E-state index contributed by atoms with van der Waals surface area (Å²) in [6.45, 7) is 6.76. The molecule has 0 bridgehead atoms. The summed E-state index contributed by atoms with van der Waals surface area (Å²) < 4.78 is 28.2. The summed E-state index contributed by atoms with van der Waals surface area (Å²) in [5, 5.41) is 3.44. The fraction of sp³-hybridized carbons (Fsp3) is 0.647. The molecule has 3 unspecified atom stereocenters. The van der Waals surface area contributed by atoms with Crippen molar-refractivity contribution in [3.8, 4) is 0 Å². The Morgan fingerprint density at radius 2 is 2.00 bits per heavy atom. The maximum atomic E-state index is 14.3. The van der Waals surface area contributed by atoms with Gasteiger partial charge in [-0.2, -0.15) is 0 Å². The molecule has 1 saturated carbocycles. The van der Waals surface area contributed by atoms with Gasteiger partial charge in [-0.1, -0.05) is 38.8 Å². The maximum absolute atomic E-state index is 14.3.